The molecule has 3 aromatic carbocycles. The maximum absolute atomic E-state index is 12.6. The van der Waals surface area contributed by atoms with Gasteiger partial charge in [0.1, 0.15) is 0 Å². The number of nitrogens with one attached hydrogen (secondary N) is 1. The third-order valence-electron chi connectivity index (χ3n) is 5.19. The third-order valence-corrected chi connectivity index (χ3v) is 6.32. The smallest absolute Gasteiger partial charge is 0.226 e. The lowest BCUT2D eigenvalue weighted by Gasteiger charge is -2.32. The summed E-state index contributed by atoms with van der Waals surface area (Å²) in [7, 11) is 3.49. The van der Waals surface area contributed by atoms with E-state index < -0.39 is 0 Å². The molecule has 0 fully saturated rings. The zero-order valence-corrected chi connectivity index (χ0v) is 18.5. The van der Waals surface area contributed by atoms with Gasteiger partial charge in [-0.25, -0.2) is 0 Å². The van der Waals surface area contributed by atoms with Crippen LogP contribution in [0, 0.1) is 0 Å². The molecule has 0 aromatic heterocycles. The van der Waals surface area contributed by atoms with E-state index in [0.717, 1.165) is 22.6 Å². The SMILES string of the molecule is CN(C)C(=O)Cc1ccc(NC(=O)CCN2c3ccccc3Sc3ccccc32)cc1. The number of fused-ring (bicyclic) bond motifs is 2. The van der Waals surface area contributed by atoms with Crippen LogP contribution in [0.15, 0.2) is 82.6 Å². The number of carbonyl (C=O) groups excluding carboxylic acids is 2. The van der Waals surface area contributed by atoms with Crippen molar-refractivity contribution in [3.05, 3.63) is 78.4 Å². The van der Waals surface area contributed by atoms with Gasteiger partial charge < -0.3 is 15.1 Å². The van der Waals surface area contributed by atoms with E-state index in [0.29, 0.717) is 19.4 Å². The fourth-order valence-corrected chi connectivity index (χ4v) is 4.59. The van der Waals surface area contributed by atoms with E-state index in [1.807, 2.05) is 48.5 Å². The highest BCUT2D eigenvalue weighted by atomic mass is 32.2. The van der Waals surface area contributed by atoms with Gasteiger partial charge in [-0.3, -0.25) is 9.59 Å². The van der Waals surface area contributed by atoms with Gasteiger partial charge in [0, 0.05) is 42.5 Å². The largest absolute Gasteiger partial charge is 0.349 e. The van der Waals surface area contributed by atoms with E-state index >= 15 is 0 Å². The molecule has 4 rings (SSSR count). The number of rotatable bonds is 6. The lowest BCUT2D eigenvalue weighted by molar-refractivity contribution is -0.128. The van der Waals surface area contributed by atoms with Gasteiger partial charge in [0.25, 0.3) is 0 Å². The number of anilines is 3. The van der Waals surface area contributed by atoms with Crippen LogP contribution in [-0.4, -0.2) is 37.4 Å². The van der Waals surface area contributed by atoms with Crippen LogP contribution >= 0.6 is 11.8 Å². The van der Waals surface area contributed by atoms with Gasteiger partial charge >= 0.3 is 0 Å². The Hall–Kier alpha value is -3.25. The topological polar surface area (TPSA) is 52.7 Å². The molecule has 0 saturated heterocycles. The highest BCUT2D eigenvalue weighted by Crippen LogP contribution is 2.47. The molecule has 1 aliphatic heterocycles. The first-order valence-electron chi connectivity index (χ1n) is 10.2. The van der Waals surface area contributed by atoms with Crippen molar-refractivity contribution in [2.45, 2.75) is 22.6 Å². The molecule has 5 nitrogen and oxygen atoms in total. The molecule has 0 saturated carbocycles. The van der Waals surface area contributed by atoms with Crippen molar-refractivity contribution in [3.63, 3.8) is 0 Å². The number of carbonyl (C=O) groups is 2. The first kappa shape index (κ1) is 21.0. The van der Waals surface area contributed by atoms with Crippen molar-refractivity contribution in [1.29, 1.82) is 0 Å². The van der Waals surface area contributed by atoms with Gasteiger partial charge in [0.05, 0.1) is 17.8 Å². The van der Waals surface area contributed by atoms with Crippen molar-refractivity contribution in [2.24, 2.45) is 0 Å². The van der Waals surface area contributed by atoms with E-state index in [2.05, 4.69) is 34.5 Å². The monoisotopic (exact) mass is 431 g/mol. The van der Waals surface area contributed by atoms with Gasteiger partial charge in [0.2, 0.25) is 11.8 Å². The van der Waals surface area contributed by atoms with E-state index in [1.165, 1.54) is 9.79 Å². The molecule has 1 N–H and O–H groups in total. The molecule has 31 heavy (non-hydrogen) atoms. The van der Waals surface area contributed by atoms with Crippen LogP contribution in [0.5, 0.6) is 0 Å². The summed E-state index contributed by atoms with van der Waals surface area (Å²) in [5.74, 6) is 0.0161. The summed E-state index contributed by atoms with van der Waals surface area (Å²) in [5, 5.41) is 2.97. The predicted octanol–water partition coefficient (Wildman–Crippen LogP) is 4.95. The molecular formula is C25H25N3O2S. The molecule has 0 atom stereocenters. The van der Waals surface area contributed by atoms with E-state index in [1.54, 1.807) is 30.8 Å². The quantitative estimate of drug-likeness (QED) is 0.600. The maximum atomic E-state index is 12.6. The summed E-state index contributed by atoms with van der Waals surface area (Å²) in [6.07, 6.45) is 0.723. The van der Waals surface area contributed by atoms with Crippen LogP contribution in [0.25, 0.3) is 0 Å². The number of hydrogen-bond acceptors (Lipinski definition) is 4. The number of para-hydroxylation sites is 2. The van der Waals surface area contributed by atoms with E-state index in [4.69, 9.17) is 0 Å². The van der Waals surface area contributed by atoms with E-state index in [-0.39, 0.29) is 11.8 Å². The van der Waals surface area contributed by atoms with Crippen LogP contribution in [-0.2, 0) is 16.0 Å². The van der Waals surface area contributed by atoms with Crippen LogP contribution < -0.4 is 10.2 Å². The number of hydrogen-bond donors (Lipinski definition) is 1. The molecule has 6 heteroatoms. The maximum Gasteiger partial charge on any atom is 0.226 e. The molecule has 0 aliphatic carbocycles. The summed E-state index contributed by atoms with van der Waals surface area (Å²) < 4.78 is 0. The second kappa shape index (κ2) is 9.27. The fraction of sp³-hybridized carbons (Fsp3) is 0.200. The zero-order chi connectivity index (χ0) is 21.8. The van der Waals surface area contributed by atoms with Crippen molar-refractivity contribution < 1.29 is 9.59 Å². The second-order valence-electron chi connectivity index (χ2n) is 7.65. The Morgan fingerprint density at radius 1 is 0.871 bits per heavy atom. The summed E-state index contributed by atoms with van der Waals surface area (Å²) in [6, 6.07) is 24.0. The van der Waals surface area contributed by atoms with Gasteiger partial charge in [-0.15, -0.1) is 0 Å². The minimum absolute atomic E-state index is 0.0368. The molecular weight excluding hydrogens is 406 g/mol. The second-order valence-corrected chi connectivity index (χ2v) is 8.73. The number of nitrogens with zero attached hydrogens (tertiary/aromatic N) is 2. The summed E-state index contributed by atoms with van der Waals surface area (Å²) in [6.45, 7) is 0.593. The highest BCUT2D eigenvalue weighted by Gasteiger charge is 2.23. The summed E-state index contributed by atoms with van der Waals surface area (Å²) in [5.41, 5.74) is 3.93. The standard InChI is InChI=1S/C25H25N3O2S/c1-27(2)25(30)17-18-11-13-19(14-12-18)26-24(29)15-16-28-20-7-3-5-9-22(20)31-23-10-6-4-8-21(23)28/h3-14H,15-17H2,1-2H3,(H,26,29). The normalized spacial score (nSPS) is 12.0. The van der Waals surface area contributed by atoms with Crippen molar-refractivity contribution in [2.75, 3.05) is 30.9 Å². The van der Waals surface area contributed by atoms with Crippen molar-refractivity contribution >= 4 is 40.6 Å². The van der Waals surface area contributed by atoms with Crippen molar-refractivity contribution in [1.82, 2.24) is 4.90 Å². The molecule has 1 aliphatic rings. The van der Waals surface area contributed by atoms with Crippen LogP contribution in [0.3, 0.4) is 0 Å². The van der Waals surface area contributed by atoms with Gasteiger partial charge in [-0.05, 0) is 42.0 Å². The number of likely N-dealkylation sites (N-methyl/N-ethyl adjacent to an activating group) is 1. The van der Waals surface area contributed by atoms with Gasteiger partial charge in [-0.2, -0.15) is 0 Å². The third kappa shape index (κ3) is 4.91. The van der Waals surface area contributed by atoms with Crippen LogP contribution in [0.1, 0.15) is 12.0 Å². The Labute approximate surface area is 187 Å². The average molecular weight is 432 g/mol. The fourth-order valence-electron chi connectivity index (χ4n) is 3.50. The van der Waals surface area contributed by atoms with E-state index in [9.17, 15) is 9.59 Å². The summed E-state index contributed by atoms with van der Waals surface area (Å²) in [4.78, 5) is 30.7. The molecule has 1 heterocycles. The zero-order valence-electron chi connectivity index (χ0n) is 17.7. The molecule has 3 aromatic rings. The highest BCUT2D eigenvalue weighted by molar-refractivity contribution is 7.99. The molecule has 158 valence electrons. The molecule has 0 spiro atoms. The molecule has 0 radical (unpaired) electrons. The number of benzene rings is 3. The number of amides is 2. The lowest BCUT2D eigenvalue weighted by Crippen LogP contribution is -2.26. The van der Waals surface area contributed by atoms with Crippen LogP contribution in [0.4, 0.5) is 17.1 Å². The lowest BCUT2D eigenvalue weighted by atomic mass is 10.1. The Balaban J connectivity index is 1.40. The Morgan fingerprint density at radius 2 is 1.45 bits per heavy atom. The summed E-state index contributed by atoms with van der Waals surface area (Å²) >= 11 is 1.76. The Kier molecular flexibility index (Phi) is 6.28. The molecule has 0 bridgehead atoms. The predicted molar refractivity (Wildman–Crippen MR) is 126 cm³/mol. The Morgan fingerprint density at radius 3 is 2.03 bits per heavy atom. The molecule has 0 unspecified atom stereocenters. The minimum Gasteiger partial charge on any atom is -0.349 e. The molecule has 2 amide bonds. The van der Waals surface area contributed by atoms with Gasteiger partial charge in [0.15, 0.2) is 0 Å². The Bertz CT molecular complexity index is 1050. The van der Waals surface area contributed by atoms with Crippen LogP contribution in [0.2, 0.25) is 0 Å². The first-order chi connectivity index (χ1) is 15.0. The average Bonchev–Trinajstić information content (AvgIpc) is 2.77. The first-order valence-corrected chi connectivity index (χ1v) is 11.1. The minimum atomic E-state index is -0.0368. The van der Waals surface area contributed by atoms with Crippen molar-refractivity contribution in [3.8, 4) is 0 Å². The van der Waals surface area contributed by atoms with Gasteiger partial charge in [-0.1, -0.05) is 48.2 Å².